The van der Waals surface area contributed by atoms with Gasteiger partial charge >= 0.3 is 0 Å². The van der Waals surface area contributed by atoms with Gasteiger partial charge in [-0.05, 0) is 18.1 Å². The molecule has 0 bridgehead atoms. The summed E-state index contributed by atoms with van der Waals surface area (Å²) in [6, 6.07) is 0.102. The summed E-state index contributed by atoms with van der Waals surface area (Å²) in [7, 11) is 0.140. The van der Waals surface area contributed by atoms with E-state index < -0.39 is 8.32 Å². The van der Waals surface area contributed by atoms with Gasteiger partial charge in [0.2, 0.25) is 5.91 Å². The highest BCUT2D eigenvalue weighted by molar-refractivity contribution is 6.74. The van der Waals surface area contributed by atoms with Crippen LogP contribution in [-0.4, -0.2) is 38.8 Å². The fourth-order valence-electron chi connectivity index (χ4n) is 1.46. The van der Waals surface area contributed by atoms with Crippen LogP contribution < -0.4 is 0 Å². The molecule has 0 saturated carbocycles. The van der Waals surface area contributed by atoms with E-state index in [1.54, 1.807) is 4.90 Å². The van der Waals surface area contributed by atoms with Crippen LogP contribution in [0, 0.1) is 0 Å². The van der Waals surface area contributed by atoms with E-state index in [-0.39, 0.29) is 17.0 Å². The molecule has 0 fully saturated rings. The van der Waals surface area contributed by atoms with E-state index in [4.69, 9.17) is 4.43 Å². The predicted octanol–water partition coefficient (Wildman–Crippen LogP) is 2.80. The number of rotatable bonds is 3. The lowest BCUT2D eigenvalue weighted by Gasteiger charge is -2.38. The highest BCUT2D eigenvalue weighted by Crippen LogP contribution is 2.36. The second kappa shape index (κ2) is 4.94. The van der Waals surface area contributed by atoms with Crippen LogP contribution in [0.4, 0.5) is 0 Å². The Morgan fingerprint density at radius 3 is 2.59 bits per heavy atom. The van der Waals surface area contributed by atoms with Crippen molar-refractivity contribution in [3.63, 3.8) is 0 Å². The third-order valence-corrected chi connectivity index (χ3v) is 8.46. The van der Waals surface area contributed by atoms with Crippen molar-refractivity contribution in [2.45, 2.75) is 51.4 Å². The first-order valence-corrected chi connectivity index (χ1v) is 9.12. The molecule has 0 radical (unpaired) electrons. The molecule has 0 N–H and O–H groups in total. The molecule has 0 aromatic heterocycles. The van der Waals surface area contributed by atoms with Gasteiger partial charge in [0.15, 0.2) is 8.32 Å². The first-order valence-electron chi connectivity index (χ1n) is 6.21. The van der Waals surface area contributed by atoms with Crippen molar-refractivity contribution < 1.29 is 9.22 Å². The molecule has 0 unspecified atom stereocenters. The maximum Gasteiger partial charge on any atom is 0.226 e. The molecule has 3 nitrogen and oxygen atoms in total. The van der Waals surface area contributed by atoms with E-state index in [0.717, 1.165) is 0 Å². The number of amides is 1. The smallest absolute Gasteiger partial charge is 0.226 e. The van der Waals surface area contributed by atoms with Crippen molar-refractivity contribution in [1.29, 1.82) is 0 Å². The van der Waals surface area contributed by atoms with Gasteiger partial charge in [0, 0.05) is 13.5 Å². The van der Waals surface area contributed by atoms with Crippen LogP contribution in [-0.2, 0) is 9.22 Å². The van der Waals surface area contributed by atoms with E-state index in [0.29, 0.717) is 13.0 Å². The summed E-state index contributed by atoms with van der Waals surface area (Å²) >= 11 is 0. The molecule has 4 heteroatoms. The second-order valence-corrected chi connectivity index (χ2v) is 11.1. The molecule has 0 aromatic rings. The van der Waals surface area contributed by atoms with Crippen LogP contribution in [0.2, 0.25) is 18.1 Å². The Hall–Kier alpha value is -0.613. The molecule has 1 atom stereocenters. The summed E-state index contributed by atoms with van der Waals surface area (Å²) in [5, 5.41) is 0.216. The van der Waals surface area contributed by atoms with Gasteiger partial charge in [-0.15, -0.1) is 0 Å². The lowest BCUT2D eigenvalue weighted by atomic mass is 10.1. The van der Waals surface area contributed by atoms with Crippen molar-refractivity contribution in [3.05, 3.63) is 12.2 Å². The van der Waals surface area contributed by atoms with E-state index in [9.17, 15) is 4.79 Å². The lowest BCUT2D eigenvalue weighted by Crippen LogP contribution is -2.47. The Morgan fingerprint density at radius 2 is 2.06 bits per heavy atom. The molecule has 0 aromatic carbocycles. The fourth-order valence-corrected chi connectivity index (χ4v) is 2.48. The van der Waals surface area contributed by atoms with Crippen molar-refractivity contribution in [1.82, 2.24) is 4.90 Å². The van der Waals surface area contributed by atoms with Gasteiger partial charge in [0.1, 0.15) is 0 Å². The fraction of sp³-hybridized carbons (Fsp3) is 0.769. The molecule has 17 heavy (non-hydrogen) atoms. The molecule has 0 spiro atoms. The number of likely N-dealkylation sites (N-methyl/N-ethyl adjacent to an activating group) is 1. The van der Waals surface area contributed by atoms with Crippen LogP contribution in [0.15, 0.2) is 12.2 Å². The third kappa shape index (κ3) is 3.42. The SMILES string of the molecule is CN1C(=O)CC=C[C@@H]1CO[Si](C)(C)C(C)(C)C. The van der Waals surface area contributed by atoms with Gasteiger partial charge in [-0.2, -0.15) is 0 Å². The van der Waals surface area contributed by atoms with Gasteiger partial charge in [0.25, 0.3) is 0 Å². The topological polar surface area (TPSA) is 29.5 Å². The normalized spacial score (nSPS) is 22.1. The summed E-state index contributed by atoms with van der Waals surface area (Å²) in [5.41, 5.74) is 0. The molecule has 1 heterocycles. The molecular formula is C13H25NO2Si. The quantitative estimate of drug-likeness (QED) is 0.573. The predicted molar refractivity (Wildman–Crippen MR) is 73.5 cm³/mol. The van der Waals surface area contributed by atoms with Crippen molar-refractivity contribution >= 4 is 14.2 Å². The monoisotopic (exact) mass is 255 g/mol. The van der Waals surface area contributed by atoms with Crippen molar-refractivity contribution in [2.75, 3.05) is 13.7 Å². The first kappa shape index (κ1) is 14.4. The Morgan fingerprint density at radius 1 is 1.47 bits per heavy atom. The summed E-state index contributed by atoms with van der Waals surface area (Å²) in [6.45, 7) is 11.8. The van der Waals surface area contributed by atoms with E-state index >= 15 is 0 Å². The Kier molecular flexibility index (Phi) is 4.20. The Balaban J connectivity index is 2.59. The molecule has 1 rings (SSSR count). The zero-order chi connectivity index (χ0) is 13.3. The molecule has 1 aliphatic heterocycles. The maximum atomic E-state index is 11.6. The van der Waals surface area contributed by atoms with Gasteiger partial charge in [-0.1, -0.05) is 32.9 Å². The average molecular weight is 255 g/mol. The highest BCUT2D eigenvalue weighted by atomic mass is 28.4. The molecule has 98 valence electrons. The molecule has 0 saturated heterocycles. The minimum atomic E-state index is -1.71. The lowest BCUT2D eigenvalue weighted by molar-refractivity contribution is -0.131. The zero-order valence-electron chi connectivity index (χ0n) is 11.9. The largest absolute Gasteiger partial charge is 0.414 e. The van der Waals surface area contributed by atoms with E-state index in [1.807, 2.05) is 13.1 Å². The van der Waals surface area contributed by atoms with Crippen LogP contribution in [0.25, 0.3) is 0 Å². The van der Waals surface area contributed by atoms with Gasteiger partial charge in [-0.3, -0.25) is 4.79 Å². The second-order valence-electron chi connectivity index (χ2n) is 6.28. The standard InChI is InChI=1S/C13H25NO2Si/c1-13(2,3)17(5,6)16-10-11-8-7-9-12(15)14(11)4/h7-8,11H,9-10H2,1-6H3/t11-/m1/s1. The van der Waals surface area contributed by atoms with Crippen LogP contribution >= 0.6 is 0 Å². The summed E-state index contributed by atoms with van der Waals surface area (Å²) in [5.74, 6) is 0.177. The highest BCUT2D eigenvalue weighted by Gasteiger charge is 2.38. The minimum absolute atomic E-state index is 0.102. The minimum Gasteiger partial charge on any atom is -0.414 e. The Labute approximate surface area is 106 Å². The van der Waals surface area contributed by atoms with Crippen LogP contribution in [0.1, 0.15) is 27.2 Å². The van der Waals surface area contributed by atoms with E-state index in [2.05, 4.69) is 39.9 Å². The average Bonchev–Trinajstić information content (AvgIpc) is 2.18. The third-order valence-electron chi connectivity index (χ3n) is 3.96. The number of carbonyl (C=O) groups excluding carboxylic acids is 1. The Bertz CT molecular complexity index is 318. The van der Waals surface area contributed by atoms with Gasteiger partial charge in [0.05, 0.1) is 12.6 Å². The van der Waals surface area contributed by atoms with Crippen LogP contribution in [0.5, 0.6) is 0 Å². The van der Waals surface area contributed by atoms with Crippen LogP contribution in [0.3, 0.4) is 0 Å². The van der Waals surface area contributed by atoms with Gasteiger partial charge < -0.3 is 9.33 Å². The molecule has 0 aliphatic carbocycles. The first-order chi connectivity index (χ1) is 7.65. The number of hydrogen-bond donors (Lipinski definition) is 0. The maximum absolute atomic E-state index is 11.6. The molecular weight excluding hydrogens is 230 g/mol. The molecule has 1 amide bonds. The molecule has 1 aliphatic rings. The summed E-state index contributed by atoms with van der Waals surface area (Å²) in [4.78, 5) is 13.3. The van der Waals surface area contributed by atoms with Crippen molar-refractivity contribution in [2.24, 2.45) is 0 Å². The summed E-state index contributed by atoms with van der Waals surface area (Å²) in [6.07, 6.45) is 4.55. The zero-order valence-corrected chi connectivity index (χ0v) is 12.9. The van der Waals surface area contributed by atoms with E-state index in [1.165, 1.54) is 0 Å². The number of nitrogens with zero attached hydrogens (tertiary/aromatic N) is 1. The van der Waals surface area contributed by atoms with Gasteiger partial charge in [-0.25, -0.2) is 0 Å². The number of carbonyl (C=O) groups is 1. The van der Waals surface area contributed by atoms with Crippen molar-refractivity contribution in [3.8, 4) is 0 Å². The summed E-state index contributed by atoms with van der Waals surface area (Å²) < 4.78 is 6.15. The number of hydrogen-bond acceptors (Lipinski definition) is 2.